The van der Waals surface area contributed by atoms with Crippen molar-refractivity contribution in [1.29, 1.82) is 0 Å². The second-order valence-electron chi connectivity index (χ2n) is 5.69. The van der Waals surface area contributed by atoms with Crippen molar-refractivity contribution >= 4 is 11.8 Å². The summed E-state index contributed by atoms with van der Waals surface area (Å²) in [5, 5.41) is 2.63. The quantitative estimate of drug-likeness (QED) is 0.902. The highest BCUT2D eigenvalue weighted by molar-refractivity contribution is 5.87. The number of aryl methyl sites for hydroxylation is 1. The Morgan fingerprint density at radius 1 is 1.32 bits per heavy atom. The smallest absolute Gasteiger partial charge is 0.242 e. The molecule has 0 atom stereocenters. The number of likely N-dealkylation sites (N-methyl/N-ethyl adjacent to an activating group) is 1. The molecule has 0 bridgehead atoms. The van der Waals surface area contributed by atoms with E-state index in [1.165, 1.54) is 4.90 Å². The lowest BCUT2D eigenvalue weighted by Crippen LogP contribution is -2.42. The molecule has 0 aliphatic carbocycles. The Kier molecular flexibility index (Phi) is 4.75. The van der Waals surface area contributed by atoms with Crippen LogP contribution in [0.25, 0.3) is 0 Å². The minimum absolute atomic E-state index is 0.00624. The molecular weight excluding hydrogens is 244 g/mol. The monoisotopic (exact) mass is 266 g/mol. The Morgan fingerprint density at radius 3 is 2.42 bits per heavy atom. The Balaban J connectivity index is 2.43. The third-order valence-corrected chi connectivity index (χ3v) is 2.70. The minimum Gasteiger partial charge on any atom is -0.464 e. The third kappa shape index (κ3) is 4.77. The molecule has 1 heterocycles. The SMILES string of the molecule is Cc1ccc(CN(C)C(=O)CNC(=O)C(C)(C)C)o1. The number of rotatable bonds is 4. The van der Waals surface area contributed by atoms with Crippen LogP contribution in [-0.4, -0.2) is 30.3 Å². The number of carbonyl (C=O) groups is 2. The Labute approximate surface area is 114 Å². The van der Waals surface area contributed by atoms with Gasteiger partial charge in [-0.3, -0.25) is 9.59 Å². The van der Waals surface area contributed by atoms with Crippen molar-refractivity contribution in [2.75, 3.05) is 13.6 Å². The molecule has 0 fully saturated rings. The number of furan rings is 1. The molecule has 106 valence electrons. The maximum absolute atomic E-state index is 11.9. The Hall–Kier alpha value is -1.78. The first kappa shape index (κ1) is 15.3. The van der Waals surface area contributed by atoms with Crippen molar-refractivity contribution in [3.05, 3.63) is 23.7 Å². The van der Waals surface area contributed by atoms with Crippen molar-refractivity contribution < 1.29 is 14.0 Å². The molecule has 0 saturated carbocycles. The standard InChI is InChI=1S/C14H22N2O3/c1-10-6-7-11(19-10)9-16(5)12(17)8-15-13(18)14(2,3)4/h6-7H,8-9H2,1-5H3,(H,15,18). The van der Waals surface area contributed by atoms with E-state index in [9.17, 15) is 9.59 Å². The van der Waals surface area contributed by atoms with E-state index in [0.29, 0.717) is 6.54 Å². The maximum Gasteiger partial charge on any atom is 0.242 e. The van der Waals surface area contributed by atoms with Crippen LogP contribution in [0.2, 0.25) is 0 Å². The van der Waals surface area contributed by atoms with Crippen LogP contribution in [0.3, 0.4) is 0 Å². The van der Waals surface area contributed by atoms with Gasteiger partial charge in [0, 0.05) is 12.5 Å². The summed E-state index contributed by atoms with van der Waals surface area (Å²) in [6.45, 7) is 7.69. The van der Waals surface area contributed by atoms with Crippen LogP contribution in [0, 0.1) is 12.3 Å². The van der Waals surface area contributed by atoms with Gasteiger partial charge in [0.15, 0.2) is 0 Å². The number of nitrogens with one attached hydrogen (secondary N) is 1. The number of amides is 2. The zero-order valence-corrected chi connectivity index (χ0v) is 12.2. The highest BCUT2D eigenvalue weighted by Gasteiger charge is 2.22. The van der Waals surface area contributed by atoms with Crippen LogP contribution < -0.4 is 5.32 Å². The van der Waals surface area contributed by atoms with E-state index in [-0.39, 0.29) is 18.4 Å². The van der Waals surface area contributed by atoms with E-state index in [2.05, 4.69) is 5.32 Å². The van der Waals surface area contributed by atoms with E-state index in [1.807, 2.05) is 39.8 Å². The van der Waals surface area contributed by atoms with Crippen LogP contribution in [0.4, 0.5) is 0 Å². The number of hydrogen-bond donors (Lipinski definition) is 1. The zero-order chi connectivity index (χ0) is 14.6. The molecule has 1 N–H and O–H groups in total. The topological polar surface area (TPSA) is 62.6 Å². The van der Waals surface area contributed by atoms with Gasteiger partial charge in [0.2, 0.25) is 11.8 Å². The van der Waals surface area contributed by atoms with E-state index in [4.69, 9.17) is 4.42 Å². The van der Waals surface area contributed by atoms with Gasteiger partial charge in [-0.15, -0.1) is 0 Å². The predicted molar refractivity (Wildman–Crippen MR) is 72.4 cm³/mol. The molecule has 0 radical (unpaired) electrons. The molecule has 0 aromatic carbocycles. The van der Waals surface area contributed by atoms with E-state index in [0.717, 1.165) is 11.5 Å². The fourth-order valence-corrected chi connectivity index (χ4v) is 1.45. The summed E-state index contributed by atoms with van der Waals surface area (Å²) in [5.74, 6) is 1.27. The first-order valence-electron chi connectivity index (χ1n) is 6.27. The van der Waals surface area contributed by atoms with Crippen LogP contribution in [0.1, 0.15) is 32.3 Å². The van der Waals surface area contributed by atoms with Crippen LogP contribution in [0.15, 0.2) is 16.5 Å². The normalized spacial score (nSPS) is 11.2. The van der Waals surface area contributed by atoms with Crippen molar-refractivity contribution in [3.8, 4) is 0 Å². The van der Waals surface area contributed by atoms with Gasteiger partial charge in [-0.2, -0.15) is 0 Å². The second kappa shape index (κ2) is 5.91. The first-order valence-corrected chi connectivity index (χ1v) is 6.27. The Morgan fingerprint density at radius 2 is 1.95 bits per heavy atom. The molecule has 0 spiro atoms. The molecule has 0 saturated heterocycles. The maximum atomic E-state index is 11.9. The van der Waals surface area contributed by atoms with Crippen molar-refractivity contribution in [1.82, 2.24) is 10.2 Å². The molecule has 0 unspecified atom stereocenters. The summed E-state index contributed by atoms with van der Waals surface area (Å²) < 4.78 is 5.40. The molecule has 19 heavy (non-hydrogen) atoms. The van der Waals surface area contributed by atoms with Gasteiger partial charge in [0.05, 0.1) is 13.1 Å². The highest BCUT2D eigenvalue weighted by Crippen LogP contribution is 2.12. The largest absolute Gasteiger partial charge is 0.464 e. The van der Waals surface area contributed by atoms with Gasteiger partial charge in [-0.25, -0.2) is 0 Å². The lowest BCUT2D eigenvalue weighted by atomic mass is 9.96. The summed E-state index contributed by atoms with van der Waals surface area (Å²) in [4.78, 5) is 25.0. The van der Waals surface area contributed by atoms with Gasteiger partial charge in [0.25, 0.3) is 0 Å². The summed E-state index contributed by atoms with van der Waals surface area (Å²) >= 11 is 0. The lowest BCUT2D eigenvalue weighted by molar-refractivity contribution is -0.134. The van der Waals surface area contributed by atoms with Crippen LogP contribution >= 0.6 is 0 Å². The number of carbonyl (C=O) groups excluding carboxylic acids is 2. The summed E-state index contributed by atoms with van der Waals surface area (Å²) in [6.07, 6.45) is 0. The summed E-state index contributed by atoms with van der Waals surface area (Å²) in [7, 11) is 1.68. The van der Waals surface area contributed by atoms with Gasteiger partial charge in [-0.1, -0.05) is 20.8 Å². The van der Waals surface area contributed by atoms with E-state index in [1.54, 1.807) is 7.05 Å². The van der Waals surface area contributed by atoms with Crippen molar-refractivity contribution in [2.24, 2.45) is 5.41 Å². The van der Waals surface area contributed by atoms with Crippen LogP contribution in [0.5, 0.6) is 0 Å². The highest BCUT2D eigenvalue weighted by atomic mass is 16.3. The van der Waals surface area contributed by atoms with Crippen LogP contribution in [-0.2, 0) is 16.1 Å². The fraction of sp³-hybridized carbons (Fsp3) is 0.571. The van der Waals surface area contributed by atoms with E-state index >= 15 is 0 Å². The fourth-order valence-electron chi connectivity index (χ4n) is 1.45. The molecule has 2 amide bonds. The third-order valence-electron chi connectivity index (χ3n) is 2.70. The molecular formula is C14H22N2O3. The molecule has 1 aromatic heterocycles. The molecule has 0 aliphatic heterocycles. The molecule has 1 aromatic rings. The lowest BCUT2D eigenvalue weighted by Gasteiger charge is -2.20. The van der Waals surface area contributed by atoms with Crippen molar-refractivity contribution in [3.63, 3.8) is 0 Å². The average Bonchev–Trinajstić information content (AvgIpc) is 2.69. The predicted octanol–water partition coefficient (Wildman–Crippen LogP) is 1.71. The van der Waals surface area contributed by atoms with Gasteiger partial charge >= 0.3 is 0 Å². The summed E-state index contributed by atoms with van der Waals surface area (Å²) in [5.41, 5.74) is -0.489. The minimum atomic E-state index is -0.489. The molecule has 5 nitrogen and oxygen atoms in total. The van der Waals surface area contributed by atoms with Gasteiger partial charge < -0.3 is 14.6 Å². The van der Waals surface area contributed by atoms with Gasteiger partial charge in [0.1, 0.15) is 11.5 Å². The zero-order valence-electron chi connectivity index (χ0n) is 12.2. The second-order valence-corrected chi connectivity index (χ2v) is 5.69. The number of nitrogens with zero attached hydrogens (tertiary/aromatic N) is 1. The van der Waals surface area contributed by atoms with E-state index < -0.39 is 5.41 Å². The molecule has 0 aliphatic rings. The Bertz CT molecular complexity index is 458. The van der Waals surface area contributed by atoms with Gasteiger partial charge in [-0.05, 0) is 19.1 Å². The number of hydrogen-bond acceptors (Lipinski definition) is 3. The van der Waals surface area contributed by atoms with Crippen molar-refractivity contribution in [2.45, 2.75) is 34.2 Å². The molecule has 1 rings (SSSR count). The summed E-state index contributed by atoms with van der Waals surface area (Å²) in [6, 6.07) is 3.70. The first-order chi connectivity index (χ1) is 8.70. The average molecular weight is 266 g/mol. The molecule has 5 heteroatoms.